The van der Waals surface area contributed by atoms with E-state index in [1.54, 1.807) is 0 Å². The molecule has 0 saturated carbocycles. The van der Waals surface area contributed by atoms with Crippen LogP contribution < -0.4 is 0 Å². The molecule has 1 aromatic heterocycles. The van der Waals surface area contributed by atoms with Gasteiger partial charge in [-0.25, -0.2) is 8.42 Å². The van der Waals surface area contributed by atoms with Crippen molar-refractivity contribution >= 4 is 10.0 Å². The van der Waals surface area contributed by atoms with E-state index < -0.39 is 10.0 Å². The van der Waals surface area contributed by atoms with E-state index in [1.807, 2.05) is 20.8 Å². The minimum Gasteiger partial charge on any atom is -0.266 e. The molecule has 0 aromatic carbocycles. The molecule has 0 aliphatic rings. The van der Waals surface area contributed by atoms with Crippen molar-refractivity contribution in [3.63, 3.8) is 0 Å². The average molecular weight is 231 g/mol. The van der Waals surface area contributed by atoms with Gasteiger partial charge < -0.3 is 0 Å². The lowest BCUT2D eigenvalue weighted by Gasteiger charge is -2.25. The summed E-state index contributed by atoms with van der Waals surface area (Å²) in [5.41, 5.74) is 0. The standard InChI is InChI=1S/C9H17N3O2S/c1-4-8(3)12(5-2)15(13,14)9-6-7-10-11-9/h6-8H,4-5H2,1-3H3,(H,10,11). The summed E-state index contributed by atoms with van der Waals surface area (Å²) >= 11 is 0. The zero-order valence-electron chi connectivity index (χ0n) is 9.27. The number of hydrogen-bond acceptors (Lipinski definition) is 3. The Kier molecular flexibility index (Phi) is 3.87. The number of hydrogen-bond donors (Lipinski definition) is 1. The minimum atomic E-state index is -3.40. The summed E-state index contributed by atoms with van der Waals surface area (Å²) in [6.45, 7) is 6.17. The van der Waals surface area contributed by atoms with Crippen LogP contribution in [-0.4, -0.2) is 35.5 Å². The molecule has 1 atom stereocenters. The SMILES string of the molecule is CCC(C)N(CC)S(=O)(=O)c1ccn[nH]1. The van der Waals surface area contributed by atoms with E-state index in [0.717, 1.165) is 6.42 Å². The second-order valence-electron chi connectivity index (χ2n) is 3.39. The van der Waals surface area contributed by atoms with E-state index in [1.165, 1.54) is 16.6 Å². The lowest BCUT2D eigenvalue weighted by molar-refractivity contribution is 0.341. The van der Waals surface area contributed by atoms with E-state index in [0.29, 0.717) is 6.54 Å². The Hall–Kier alpha value is -0.880. The van der Waals surface area contributed by atoms with Crippen LogP contribution in [0.4, 0.5) is 0 Å². The van der Waals surface area contributed by atoms with Gasteiger partial charge in [0.25, 0.3) is 10.0 Å². The molecule has 0 spiro atoms. The van der Waals surface area contributed by atoms with Gasteiger partial charge in [0.05, 0.1) is 6.20 Å². The first kappa shape index (κ1) is 12.2. The molecule has 1 heterocycles. The molecule has 1 unspecified atom stereocenters. The third kappa shape index (κ3) is 2.38. The lowest BCUT2D eigenvalue weighted by Crippen LogP contribution is -2.38. The number of sulfonamides is 1. The summed E-state index contributed by atoms with van der Waals surface area (Å²) in [6, 6.07) is 1.48. The Labute approximate surface area is 90.5 Å². The second-order valence-corrected chi connectivity index (χ2v) is 5.25. The molecule has 0 radical (unpaired) electrons. The highest BCUT2D eigenvalue weighted by Crippen LogP contribution is 2.16. The van der Waals surface area contributed by atoms with Crippen LogP contribution in [0.2, 0.25) is 0 Å². The van der Waals surface area contributed by atoms with E-state index in [2.05, 4.69) is 10.2 Å². The fraction of sp³-hybridized carbons (Fsp3) is 0.667. The van der Waals surface area contributed by atoms with Gasteiger partial charge in [-0.05, 0) is 19.4 Å². The molecule has 0 amide bonds. The molecule has 1 N–H and O–H groups in total. The number of nitrogens with one attached hydrogen (secondary N) is 1. The summed E-state index contributed by atoms with van der Waals surface area (Å²) < 4.78 is 25.6. The number of aromatic nitrogens is 2. The van der Waals surface area contributed by atoms with Gasteiger partial charge >= 0.3 is 0 Å². The maximum absolute atomic E-state index is 12.1. The van der Waals surface area contributed by atoms with Gasteiger partial charge in [-0.2, -0.15) is 9.40 Å². The predicted molar refractivity (Wildman–Crippen MR) is 57.9 cm³/mol. The van der Waals surface area contributed by atoms with Crippen LogP contribution in [0, 0.1) is 0 Å². The van der Waals surface area contributed by atoms with Crippen LogP contribution in [-0.2, 0) is 10.0 Å². The number of H-pyrrole nitrogens is 1. The smallest absolute Gasteiger partial charge is 0.260 e. The zero-order chi connectivity index (χ0) is 11.5. The van der Waals surface area contributed by atoms with Crippen molar-refractivity contribution in [3.05, 3.63) is 12.3 Å². The van der Waals surface area contributed by atoms with Crippen LogP contribution >= 0.6 is 0 Å². The summed E-state index contributed by atoms with van der Waals surface area (Å²) in [4.78, 5) is 0. The van der Waals surface area contributed by atoms with Gasteiger partial charge in [0.15, 0.2) is 5.03 Å². The molecule has 1 aromatic rings. The van der Waals surface area contributed by atoms with Crippen molar-refractivity contribution in [2.24, 2.45) is 0 Å². The highest BCUT2D eigenvalue weighted by Gasteiger charge is 2.27. The average Bonchev–Trinajstić information content (AvgIpc) is 2.71. The van der Waals surface area contributed by atoms with Crippen molar-refractivity contribution in [3.8, 4) is 0 Å². The molecule has 1 rings (SSSR count). The van der Waals surface area contributed by atoms with Gasteiger partial charge in [-0.15, -0.1) is 0 Å². The van der Waals surface area contributed by atoms with Gasteiger partial charge in [-0.1, -0.05) is 13.8 Å². The monoisotopic (exact) mass is 231 g/mol. The summed E-state index contributed by atoms with van der Waals surface area (Å²) in [7, 11) is -3.40. The molecular weight excluding hydrogens is 214 g/mol. The Morgan fingerprint density at radius 1 is 1.53 bits per heavy atom. The van der Waals surface area contributed by atoms with E-state index in [9.17, 15) is 8.42 Å². The molecule has 86 valence electrons. The summed E-state index contributed by atoms with van der Waals surface area (Å²) in [5.74, 6) is 0. The van der Waals surface area contributed by atoms with Gasteiger partial charge in [-0.3, -0.25) is 5.10 Å². The first-order valence-corrected chi connectivity index (χ1v) is 6.49. The quantitative estimate of drug-likeness (QED) is 0.828. The van der Waals surface area contributed by atoms with Crippen molar-refractivity contribution in [2.75, 3.05) is 6.54 Å². The van der Waals surface area contributed by atoms with Crippen LogP contribution in [0.15, 0.2) is 17.3 Å². The highest BCUT2D eigenvalue weighted by molar-refractivity contribution is 7.89. The Balaban J connectivity index is 3.04. The third-order valence-corrected chi connectivity index (χ3v) is 4.47. The zero-order valence-corrected chi connectivity index (χ0v) is 10.1. The Morgan fingerprint density at radius 2 is 2.20 bits per heavy atom. The van der Waals surface area contributed by atoms with Gasteiger partial charge in [0.1, 0.15) is 0 Å². The van der Waals surface area contributed by atoms with Gasteiger partial charge in [0.2, 0.25) is 0 Å². The third-order valence-electron chi connectivity index (χ3n) is 2.46. The van der Waals surface area contributed by atoms with Crippen molar-refractivity contribution in [2.45, 2.75) is 38.3 Å². The molecule has 0 aliphatic carbocycles. The molecule has 0 aliphatic heterocycles. The molecule has 0 bridgehead atoms. The highest BCUT2D eigenvalue weighted by atomic mass is 32.2. The number of rotatable bonds is 5. The maximum Gasteiger partial charge on any atom is 0.260 e. The van der Waals surface area contributed by atoms with Crippen LogP contribution in [0.25, 0.3) is 0 Å². The van der Waals surface area contributed by atoms with Crippen LogP contribution in [0.3, 0.4) is 0 Å². The molecule has 5 nitrogen and oxygen atoms in total. The summed E-state index contributed by atoms with van der Waals surface area (Å²) in [5, 5.41) is 6.31. The molecule has 0 fully saturated rings. The second kappa shape index (κ2) is 4.76. The Morgan fingerprint density at radius 3 is 2.60 bits per heavy atom. The maximum atomic E-state index is 12.1. The van der Waals surface area contributed by atoms with E-state index >= 15 is 0 Å². The van der Waals surface area contributed by atoms with Gasteiger partial charge in [0, 0.05) is 12.6 Å². The fourth-order valence-corrected chi connectivity index (χ4v) is 3.05. The summed E-state index contributed by atoms with van der Waals surface area (Å²) in [6.07, 6.45) is 2.23. The molecule has 15 heavy (non-hydrogen) atoms. The van der Waals surface area contributed by atoms with Crippen LogP contribution in [0.1, 0.15) is 27.2 Å². The minimum absolute atomic E-state index is 0.00306. The van der Waals surface area contributed by atoms with Crippen molar-refractivity contribution in [1.82, 2.24) is 14.5 Å². The fourth-order valence-electron chi connectivity index (χ4n) is 1.44. The topological polar surface area (TPSA) is 66.1 Å². The Bertz CT molecular complexity index is 385. The van der Waals surface area contributed by atoms with Crippen molar-refractivity contribution in [1.29, 1.82) is 0 Å². The first-order chi connectivity index (χ1) is 7.04. The van der Waals surface area contributed by atoms with E-state index in [4.69, 9.17) is 0 Å². The molecular formula is C9H17N3O2S. The normalized spacial score (nSPS) is 14.4. The molecule has 6 heteroatoms. The largest absolute Gasteiger partial charge is 0.266 e. The number of nitrogens with zero attached hydrogens (tertiary/aromatic N) is 2. The lowest BCUT2D eigenvalue weighted by atomic mass is 10.3. The van der Waals surface area contributed by atoms with Crippen molar-refractivity contribution < 1.29 is 8.42 Å². The number of aromatic amines is 1. The van der Waals surface area contributed by atoms with E-state index in [-0.39, 0.29) is 11.1 Å². The molecule has 0 saturated heterocycles. The van der Waals surface area contributed by atoms with Crippen LogP contribution in [0.5, 0.6) is 0 Å². The first-order valence-electron chi connectivity index (χ1n) is 5.05. The predicted octanol–water partition coefficient (Wildman–Crippen LogP) is 1.22.